The molecule has 0 aromatic rings. The summed E-state index contributed by atoms with van der Waals surface area (Å²) in [6, 6.07) is 0. The Bertz CT molecular complexity index is 221. The molecule has 0 aromatic carbocycles. The van der Waals surface area contributed by atoms with Gasteiger partial charge in [0.2, 0.25) is 5.91 Å². The SMILES string of the molecule is CC1=CC(=O)NC=C=N1. The predicted octanol–water partition coefficient (Wildman–Crippen LogP) is 0.203. The third kappa shape index (κ3) is 1.55. The number of aliphatic imine (C=N–C) groups is 1. The van der Waals surface area contributed by atoms with Crippen LogP contribution in [0.2, 0.25) is 0 Å². The summed E-state index contributed by atoms with van der Waals surface area (Å²) in [4.78, 5) is 14.3. The van der Waals surface area contributed by atoms with Gasteiger partial charge in [0.25, 0.3) is 0 Å². The first-order valence-electron chi connectivity index (χ1n) is 2.56. The Labute approximate surface area is 52.8 Å². The molecule has 0 saturated carbocycles. The third-order valence-electron chi connectivity index (χ3n) is 0.860. The molecule has 1 amide bonds. The summed E-state index contributed by atoms with van der Waals surface area (Å²) in [5, 5.41) is 2.43. The Hall–Kier alpha value is -1.34. The van der Waals surface area contributed by atoms with Crippen molar-refractivity contribution in [3.05, 3.63) is 18.0 Å². The van der Waals surface area contributed by atoms with E-state index < -0.39 is 0 Å². The molecule has 0 fully saturated rings. The average Bonchev–Trinajstić information content (AvgIpc) is 1.93. The van der Waals surface area contributed by atoms with Gasteiger partial charge in [0.15, 0.2) is 0 Å². The van der Waals surface area contributed by atoms with E-state index in [-0.39, 0.29) is 5.91 Å². The van der Waals surface area contributed by atoms with Crippen LogP contribution in [0.1, 0.15) is 6.92 Å². The molecule has 0 aromatic heterocycles. The second-order valence-electron chi connectivity index (χ2n) is 1.68. The van der Waals surface area contributed by atoms with Crippen molar-refractivity contribution in [2.75, 3.05) is 0 Å². The average molecular weight is 122 g/mol. The number of carbonyl (C=O) groups is 1. The maximum atomic E-state index is 10.6. The van der Waals surface area contributed by atoms with E-state index in [1.54, 1.807) is 6.92 Å². The van der Waals surface area contributed by atoms with Crippen LogP contribution in [0, 0.1) is 0 Å². The van der Waals surface area contributed by atoms with Gasteiger partial charge >= 0.3 is 0 Å². The van der Waals surface area contributed by atoms with Crippen molar-refractivity contribution >= 4 is 11.8 Å². The van der Waals surface area contributed by atoms with Crippen LogP contribution in [-0.4, -0.2) is 11.8 Å². The van der Waals surface area contributed by atoms with Gasteiger partial charge in [-0.2, -0.15) is 0 Å². The van der Waals surface area contributed by atoms with Crippen LogP contribution in [0.4, 0.5) is 0 Å². The first-order valence-corrected chi connectivity index (χ1v) is 2.56. The molecule has 1 aliphatic heterocycles. The second-order valence-corrected chi connectivity index (χ2v) is 1.68. The molecule has 1 rings (SSSR count). The van der Waals surface area contributed by atoms with Crippen molar-refractivity contribution < 1.29 is 4.79 Å². The first-order chi connectivity index (χ1) is 4.29. The summed E-state index contributed by atoms with van der Waals surface area (Å²) in [6.07, 6.45) is 2.80. The van der Waals surface area contributed by atoms with Gasteiger partial charge in [-0.3, -0.25) is 4.79 Å². The summed E-state index contributed by atoms with van der Waals surface area (Å²) in [5.74, 6) is 2.38. The third-order valence-corrected chi connectivity index (χ3v) is 0.860. The van der Waals surface area contributed by atoms with Gasteiger partial charge in [-0.05, 0) is 6.92 Å². The van der Waals surface area contributed by atoms with Gasteiger partial charge in [0.1, 0.15) is 0 Å². The minimum atomic E-state index is -0.152. The molecule has 0 spiro atoms. The van der Waals surface area contributed by atoms with E-state index in [4.69, 9.17) is 0 Å². The fourth-order valence-electron chi connectivity index (χ4n) is 0.501. The number of hydrogen-bond donors (Lipinski definition) is 1. The number of rotatable bonds is 0. The highest BCUT2D eigenvalue weighted by molar-refractivity contribution is 5.90. The molecular formula is C6H6N2O. The molecule has 0 atom stereocenters. The fourth-order valence-corrected chi connectivity index (χ4v) is 0.501. The van der Waals surface area contributed by atoms with E-state index in [1.165, 1.54) is 12.3 Å². The number of allylic oxidation sites excluding steroid dienone is 1. The lowest BCUT2D eigenvalue weighted by molar-refractivity contribution is -0.115. The summed E-state index contributed by atoms with van der Waals surface area (Å²) in [6.45, 7) is 1.74. The predicted molar refractivity (Wildman–Crippen MR) is 33.9 cm³/mol. The Morgan fingerprint density at radius 3 is 3.33 bits per heavy atom. The highest BCUT2D eigenvalue weighted by Gasteiger charge is 1.94. The van der Waals surface area contributed by atoms with Gasteiger partial charge in [0.05, 0.1) is 11.9 Å². The monoisotopic (exact) mass is 122 g/mol. The van der Waals surface area contributed by atoms with Crippen molar-refractivity contribution in [1.82, 2.24) is 5.32 Å². The molecule has 3 nitrogen and oxygen atoms in total. The zero-order valence-corrected chi connectivity index (χ0v) is 5.01. The highest BCUT2D eigenvalue weighted by Crippen LogP contribution is 1.92. The Morgan fingerprint density at radius 1 is 1.78 bits per heavy atom. The highest BCUT2D eigenvalue weighted by atomic mass is 16.1. The molecule has 0 saturated heterocycles. The van der Waals surface area contributed by atoms with E-state index in [1.807, 2.05) is 0 Å². The smallest absolute Gasteiger partial charge is 0.250 e. The maximum absolute atomic E-state index is 10.6. The summed E-state index contributed by atoms with van der Waals surface area (Å²) >= 11 is 0. The lowest BCUT2D eigenvalue weighted by atomic mass is 10.4. The number of nitrogens with zero attached hydrogens (tertiary/aromatic N) is 1. The van der Waals surface area contributed by atoms with Crippen LogP contribution < -0.4 is 5.32 Å². The standard InChI is InChI=1S/C6H6N2O/c1-5-4-6(9)8-3-2-7-5/h3-4H,1H3,(H,8,9). The zero-order valence-electron chi connectivity index (χ0n) is 5.01. The number of amides is 1. The summed E-state index contributed by atoms with van der Waals surface area (Å²) < 4.78 is 0. The largest absolute Gasteiger partial charge is 0.321 e. The van der Waals surface area contributed by atoms with Crippen LogP contribution in [0.5, 0.6) is 0 Å². The topological polar surface area (TPSA) is 41.5 Å². The molecule has 46 valence electrons. The van der Waals surface area contributed by atoms with Crippen LogP contribution in [0.25, 0.3) is 0 Å². The van der Waals surface area contributed by atoms with Crippen molar-refractivity contribution in [3.63, 3.8) is 0 Å². The van der Waals surface area contributed by atoms with Gasteiger partial charge in [-0.25, -0.2) is 4.99 Å². The van der Waals surface area contributed by atoms with Crippen molar-refractivity contribution in [1.29, 1.82) is 0 Å². The van der Waals surface area contributed by atoms with Crippen LogP contribution in [-0.2, 0) is 4.79 Å². The summed E-state index contributed by atoms with van der Waals surface area (Å²) in [7, 11) is 0. The molecule has 1 aliphatic rings. The van der Waals surface area contributed by atoms with Gasteiger partial charge < -0.3 is 5.32 Å². The molecule has 0 radical (unpaired) electrons. The maximum Gasteiger partial charge on any atom is 0.250 e. The minimum Gasteiger partial charge on any atom is -0.321 e. The van der Waals surface area contributed by atoms with E-state index in [0.29, 0.717) is 5.70 Å². The molecule has 3 heteroatoms. The van der Waals surface area contributed by atoms with Crippen LogP contribution in [0.15, 0.2) is 23.0 Å². The first kappa shape index (κ1) is 5.79. The minimum absolute atomic E-state index is 0.152. The van der Waals surface area contributed by atoms with Crippen LogP contribution in [0.3, 0.4) is 0 Å². The van der Waals surface area contributed by atoms with Gasteiger partial charge in [0, 0.05) is 11.9 Å². The van der Waals surface area contributed by atoms with Crippen molar-refractivity contribution in [2.24, 2.45) is 4.99 Å². The Balaban J connectivity index is 2.93. The summed E-state index contributed by atoms with van der Waals surface area (Å²) in [5.41, 5.74) is 0.668. The van der Waals surface area contributed by atoms with Gasteiger partial charge in [-0.1, -0.05) is 0 Å². The quantitative estimate of drug-likeness (QED) is 0.490. The molecule has 0 unspecified atom stereocenters. The lowest BCUT2D eigenvalue weighted by Crippen LogP contribution is -2.12. The molecule has 1 heterocycles. The molecule has 0 bridgehead atoms. The lowest BCUT2D eigenvalue weighted by Gasteiger charge is -1.86. The number of nitrogens with one attached hydrogen (secondary N) is 1. The normalized spacial score (nSPS) is 16.6. The fraction of sp³-hybridized carbons (Fsp3) is 0.167. The molecule has 9 heavy (non-hydrogen) atoms. The van der Waals surface area contributed by atoms with Crippen LogP contribution >= 0.6 is 0 Å². The zero-order chi connectivity index (χ0) is 6.69. The molecule has 1 N–H and O–H groups in total. The molecule has 0 aliphatic carbocycles. The number of carbonyl (C=O) groups excluding carboxylic acids is 1. The number of hydrogen-bond acceptors (Lipinski definition) is 2. The van der Waals surface area contributed by atoms with Crippen molar-refractivity contribution in [2.45, 2.75) is 6.92 Å². The van der Waals surface area contributed by atoms with E-state index in [9.17, 15) is 4.79 Å². The van der Waals surface area contributed by atoms with E-state index in [2.05, 4.69) is 16.2 Å². The van der Waals surface area contributed by atoms with Crippen molar-refractivity contribution in [3.8, 4) is 0 Å². The van der Waals surface area contributed by atoms with E-state index >= 15 is 0 Å². The Kier molecular flexibility index (Phi) is 1.47. The second kappa shape index (κ2) is 2.29. The van der Waals surface area contributed by atoms with Gasteiger partial charge in [-0.15, -0.1) is 0 Å². The molecular weight excluding hydrogens is 116 g/mol. The Morgan fingerprint density at radius 2 is 2.56 bits per heavy atom. The van der Waals surface area contributed by atoms with E-state index in [0.717, 1.165) is 0 Å².